The van der Waals surface area contributed by atoms with Gasteiger partial charge in [-0.05, 0) is 92.6 Å². The number of nitrogens with one attached hydrogen (secondary N) is 2. The zero-order valence-electron chi connectivity index (χ0n) is 18.4. The van der Waals surface area contributed by atoms with Gasteiger partial charge in [0.1, 0.15) is 17.0 Å². The predicted molar refractivity (Wildman–Crippen MR) is 132 cm³/mol. The lowest BCUT2D eigenvalue weighted by molar-refractivity contribution is 0.0977. The lowest BCUT2D eigenvalue weighted by Crippen LogP contribution is -2.34. The zero-order chi connectivity index (χ0) is 23.5. The van der Waals surface area contributed by atoms with E-state index in [0.29, 0.717) is 40.6 Å². The van der Waals surface area contributed by atoms with E-state index in [1.807, 2.05) is 32.9 Å². The third-order valence-corrected chi connectivity index (χ3v) is 5.16. The van der Waals surface area contributed by atoms with Crippen LogP contribution in [0.2, 0.25) is 0 Å². The molecule has 0 spiro atoms. The first-order chi connectivity index (χ1) is 15.8. The molecule has 0 radical (unpaired) electrons. The summed E-state index contributed by atoms with van der Waals surface area (Å²) in [5.74, 6) is 0.658. The van der Waals surface area contributed by atoms with Crippen LogP contribution in [-0.4, -0.2) is 27.7 Å². The average Bonchev–Trinajstić information content (AvgIpc) is 3.20. The molecule has 0 aliphatic carbocycles. The Balaban J connectivity index is 1.50. The Hall–Kier alpha value is -3.91. The molecule has 33 heavy (non-hydrogen) atoms. The van der Waals surface area contributed by atoms with Crippen LogP contribution in [0.5, 0.6) is 11.5 Å². The fourth-order valence-corrected chi connectivity index (χ4v) is 3.69. The topological polar surface area (TPSA) is 96.6 Å². The van der Waals surface area contributed by atoms with Crippen molar-refractivity contribution in [1.29, 1.82) is 0 Å². The van der Waals surface area contributed by atoms with Gasteiger partial charge >= 0.3 is 0 Å². The Morgan fingerprint density at radius 2 is 1.88 bits per heavy atom. The highest BCUT2D eigenvalue weighted by molar-refractivity contribution is 7.80. The minimum atomic E-state index is -0.348. The van der Waals surface area contributed by atoms with E-state index in [1.54, 1.807) is 36.4 Å². The fraction of sp³-hybridized carbons (Fsp3) is 0.160. The highest BCUT2D eigenvalue weighted by Crippen LogP contribution is 2.34. The van der Waals surface area contributed by atoms with Crippen LogP contribution in [0.15, 0.2) is 59.0 Å². The maximum atomic E-state index is 12.5. The molecular weight excluding hydrogens is 438 g/mol. The number of phenols is 1. The molecule has 4 aromatic rings. The van der Waals surface area contributed by atoms with Crippen molar-refractivity contribution in [3.63, 3.8) is 0 Å². The molecule has 0 aliphatic rings. The van der Waals surface area contributed by atoms with E-state index in [2.05, 4.69) is 15.6 Å². The molecule has 8 heteroatoms. The average molecular weight is 462 g/mol. The first-order valence-corrected chi connectivity index (χ1v) is 10.8. The Morgan fingerprint density at radius 1 is 1.12 bits per heavy atom. The van der Waals surface area contributed by atoms with Gasteiger partial charge in [-0.2, -0.15) is 0 Å². The second kappa shape index (κ2) is 9.30. The molecule has 4 rings (SSSR count). The molecule has 1 amide bonds. The van der Waals surface area contributed by atoms with E-state index in [9.17, 15) is 9.90 Å². The number of fused-ring (bicyclic) bond motifs is 1. The molecule has 3 aromatic carbocycles. The van der Waals surface area contributed by atoms with E-state index in [4.69, 9.17) is 21.4 Å². The second-order valence-corrected chi connectivity index (χ2v) is 7.95. The van der Waals surface area contributed by atoms with Crippen molar-refractivity contribution in [1.82, 2.24) is 10.3 Å². The zero-order valence-corrected chi connectivity index (χ0v) is 19.2. The number of amides is 1. The number of ether oxygens (including phenoxy) is 1. The summed E-state index contributed by atoms with van der Waals surface area (Å²) in [6, 6.07) is 15.6. The van der Waals surface area contributed by atoms with Crippen molar-refractivity contribution in [2.45, 2.75) is 20.8 Å². The lowest BCUT2D eigenvalue weighted by atomic mass is 10.1. The van der Waals surface area contributed by atoms with Gasteiger partial charge in [-0.1, -0.05) is 6.07 Å². The first kappa shape index (κ1) is 22.3. The monoisotopic (exact) mass is 461 g/mol. The Kier molecular flexibility index (Phi) is 6.28. The standard InChI is InChI=1S/C25H23N3O4S/c1-4-31-18-8-5-16(6-9-18)23(30)28-25(33)26-17-7-10-21(29)19(13-17)24-27-20-12-14(2)11-15(3)22(20)32-24/h5-13,29H,4H2,1-3H3,(H2,26,28,30,33). The predicted octanol–water partition coefficient (Wildman–Crippen LogP) is 5.34. The summed E-state index contributed by atoms with van der Waals surface area (Å²) in [5.41, 5.74) is 4.86. The maximum absolute atomic E-state index is 12.5. The second-order valence-electron chi connectivity index (χ2n) is 7.55. The van der Waals surface area contributed by atoms with Gasteiger partial charge < -0.3 is 19.6 Å². The van der Waals surface area contributed by atoms with Gasteiger partial charge in [-0.25, -0.2) is 4.98 Å². The number of carbonyl (C=O) groups is 1. The summed E-state index contributed by atoms with van der Waals surface area (Å²) >= 11 is 5.29. The van der Waals surface area contributed by atoms with Crippen molar-refractivity contribution >= 4 is 40.0 Å². The Morgan fingerprint density at radius 3 is 2.61 bits per heavy atom. The van der Waals surface area contributed by atoms with Crippen LogP contribution in [0.1, 0.15) is 28.4 Å². The number of nitrogens with zero attached hydrogens (tertiary/aromatic N) is 1. The summed E-state index contributed by atoms with van der Waals surface area (Å²) in [4.78, 5) is 17.0. The number of anilines is 1. The van der Waals surface area contributed by atoms with Gasteiger partial charge in [0, 0.05) is 11.3 Å². The van der Waals surface area contributed by atoms with Crippen LogP contribution in [0.25, 0.3) is 22.6 Å². The minimum Gasteiger partial charge on any atom is -0.507 e. The molecule has 0 saturated carbocycles. The SMILES string of the molecule is CCOc1ccc(C(=O)NC(=S)Nc2ccc(O)c(-c3nc4cc(C)cc(C)c4o3)c2)cc1. The van der Waals surface area contributed by atoms with E-state index >= 15 is 0 Å². The van der Waals surface area contributed by atoms with Crippen LogP contribution >= 0.6 is 12.2 Å². The molecule has 0 bridgehead atoms. The van der Waals surface area contributed by atoms with Crippen LogP contribution in [-0.2, 0) is 0 Å². The smallest absolute Gasteiger partial charge is 0.257 e. The van der Waals surface area contributed by atoms with Gasteiger partial charge in [0.15, 0.2) is 10.7 Å². The molecule has 3 N–H and O–H groups in total. The van der Waals surface area contributed by atoms with E-state index in [0.717, 1.165) is 16.6 Å². The van der Waals surface area contributed by atoms with E-state index in [-0.39, 0.29) is 16.8 Å². The Bertz CT molecular complexity index is 1350. The van der Waals surface area contributed by atoms with Gasteiger partial charge in [0.2, 0.25) is 5.89 Å². The summed E-state index contributed by atoms with van der Waals surface area (Å²) < 4.78 is 11.3. The summed E-state index contributed by atoms with van der Waals surface area (Å²) in [5, 5.41) is 16.1. The molecule has 0 atom stereocenters. The van der Waals surface area contributed by atoms with Gasteiger partial charge in [-0.15, -0.1) is 0 Å². The summed E-state index contributed by atoms with van der Waals surface area (Å²) in [7, 11) is 0. The molecule has 168 valence electrons. The molecular formula is C25H23N3O4S. The van der Waals surface area contributed by atoms with E-state index in [1.165, 1.54) is 6.07 Å². The van der Waals surface area contributed by atoms with E-state index < -0.39 is 0 Å². The number of oxazole rings is 1. The fourth-order valence-electron chi connectivity index (χ4n) is 3.48. The highest BCUT2D eigenvalue weighted by atomic mass is 32.1. The van der Waals surface area contributed by atoms with Gasteiger partial charge in [-0.3, -0.25) is 10.1 Å². The first-order valence-electron chi connectivity index (χ1n) is 10.4. The highest BCUT2D eigenvalue weighted by Gasteiger charge is 2.16. The van der Waals surface area contributed by atoms with Crippen LogP contribution in [0.4, 0.5) is 5.69 Å². The van der Waals surface area contributed by atoms with Crippen LogP contribution in [0, 0.1) is 13.8 Å². The number of aromatic hydroxyl groups is 1. The number of benzene rings is 3. The third kappa shape index (κ3) is 4.96. The number of rotatable bonds is 5. The van der Waals surface area contributed by atoms with Gasteiger partial charge in [0.25, 0.3) is 5.91 Å². The van der Waals surface area contributed by atoms with Crippen molar-refractivity contribution in [2.75, 3.05) is 11.9 Å². The van der Waals surface area contributed by atoms with Crippen LogP contribution in [0.3, 0.4) is 0 Å². The molecule has 0 saturated heterocycles. The number of aromatic nitrogens is 1. The quantitative estimate of drug-likeness (QED) is 0.273. The number of phenolic OH excluding ortho intramolecular Hbond substituents is 1. The number of hydrogen-bond acceptors (Lipinski definition) is 6. The molecule has 0 aliphatic heterocycles. The van der Waals surface area contributed by atoms with Crippen molar-refractivity contribution in [3.05, 3.63) is 71.3 Å². The van der Waals surface area contributed by atoms with Crippen LogP contribution < -0.4 is 15.4 Å². The molecule has 1 heterocycles. The normalized spacial score (nSPS) is 10.8. The maximum Gasteiger partial charge on any atom is 0.257 e. The van der Waals surface area contributed by atoms with Gasteiger partial charge in [0.05, 0.1) is 12.2 Å². The lowest BCUT2D eigenvalue weighted by Gasteiger charge is -2.11. The van der Waals surface area contributed by atoms with Crippen molar-refractivity contribution < 1.29 is 19.1 Å². The number of aryl methyl sites for hydroxylation is 2. The molecule has 0 fully saturated rings. The number of hydrogen-bond donors (Lipinski definition) is 3. The Labute approximate surface area is 196 Å². The minimum absolute atomic E-state index is 0.0193. The summed E-state index contributed by atoms with van der Waals surface area (Å²) in [6.45, 7) is 6.39. The number of carbonyl (C=O) groups excluding carboxylic acids is 1. The largest absolute Gasteiger partial charge is 0.507 e. The molecule has 0 unspecified atom stereocenters. The molecule has 7 nitrogen and oxygen atoms in total. The van der Waals surface area contributed by atoms with Crippen molar-refractivity contribution in [2.24, 2.45) is 0 Å². The van der Waals surface area contributed by atoms with Crippen molar-refractivity contribution in [3.8, 4) is 23.0 Å². The third-order valence-electron chi connectivity index (χ3n) is 4.96. The summed E-state index contributed by atoms with van der Waals surface area (Å²) in [6.07, 6.45) is 0. The molecule has 1 aromatic heterocycles. The number of thiocarbonyl (C=S) groups is 1.